The van der Waals surface area contributed by atoms with Gasteiger partial charge in [-0.15, -0.1) is 0 Å². The van der Waals surface area contributed by atoms with Gasteiger partial charge < -0.3 is 25.0 Å². The monoisotopic (exact) mass is 409 g/mol. The number of aryl methyl sites for hydroxylation is 1. The van der Waals surface area contributed by atoms with E-state index in [1.807, 2.05) is 13.0 Å². The number of anilines is 3. The van der Waals surface area contributed by atoms with Gasteiger partial charge in [-0.1, -0.05) is 6.07 Å². The molecule has 2 aromatic rings. The Balaban J connectivity index is 1.49. The zero-order valence-corrected chi connectivity index (χ0v) is 16.9. The Morgan fingerprint density at radius 1 is 1.00 bits per heavy atom. The summed E-state index contributed by atoms with van der Waals surface area (Å²) < 4.78 is 11.1. The number of carbonyl (C=O) groups excluding carboxylic acids is 3. The molecular weight excluding hydrogens is 386 g/mol. The first-order chi connectivity index (χ1) is 14.4. The molecule has 8 heteroatoms. The summed E-state index contributed by atoms with van der Waals surface area (Å²) in [5.41, 5.74) is 2.66. The van der Waals surface area contributed by atoms with Crippen molar-refractivity contribution in [3.63, 3.8) is 0 Å². The van der Waals surface area contributed by atoms with Gasteiger partial charge in [0.15, 0.2) is 11.5 Å². The predicted molar refractivity (Wildman–Crippen MR) is 112 cm³/mol. The van der Waals surface area contributed by atoms with Crippen LogP contribution in [0.15, 0.2) is 36.4 Å². The first-order valence-corrected chi connectivity index (χ1v) is 9.80. The Hall–Kier alpha value is -3.55. The molecule has 1 atom stereocenters. The molecule has 156 valence electrons. The molecule has 2 heterocycles. The van der Waals surface area contributed by atoms with E-state index in [0.717, 1.165) is 5.56 Å². The molecule has 3 amide bonds. The van der Waals surface area contributed by atoms with Crippen LogP contribution in [-0.2, 0) is 14.4 Å². The van der Waals surface area contributed by atoms with Crippen LogP contribution in [-0.4, -0.2) is 37.5 Å². The molecule has 0 bridgehead atoms. The third-order valence-corrected chi connectivity index (χ3v) is 5.08. The van der Waals surface area contributed by atoms with Gasteiger partial charge in [-0.25, -0.2) is 0 Å². The first-order valence-electron chi connectivity index (χ1n) is 9.80. The zero-order valence-electron chi connectivity index (χ0n) is 16.9. The molecule has 2 aromatic carbocycles. The average molecular weight is 409 g/mol. The second-order valence-corrected chi connectivity index (χ2v) is 7.45. The van der Waals surface area contributed by atoms with Crippen LogP contribution >= 0.6 is 0 Å². The Morgan fingerprint density at radius 2 is 1.77 bits per heavy atom. The van der Waals surface area contributed by atoms with Crippen LogP contribution in [0.1, 0.15) is 18.9 Å². The van der Waals surface area contributed by atoms with Crippen molar-refractivity contribution in [3.05, 3.63) is 42.0 Å². The topological polar surface area (TPSA) is 97.0 Å². The van der Waals surface area contributed by atoms with Crippen LogP contribution in [0.2, 0.25) is 0 Å². The number of nitrogens with zero attached hydrogens (tertiary/aromatic N) is 1. The van der Waals surface area contributed by atoms with Crippen molar-refractivity contribution >= 4 is 34.8 Å². The van der Waals surface area contributed by atoms with Crippen molar-refractivity contribution in [2.24, 2.45) is 5.92 Å². The van der Waals surface area contributed by atoms with Crippen molar-refractivity contribution in [2.75, 3.05) is 35.3 Å². The van der Waals surface area contributed by atoms with Crippen molar-refractivity contribution in [1.29, 1.82) is 0 Å². The molecule has 1 unspecified atom stereocenters. The van der Waals surface area contributed by atoms with Crippen LogP contribution in [0.5, 0.6) is 11.5 Å². The van der Waals surface area contributed by atoms with E-state index in [0.29, 0.717) is 41.8 Å². The smallest absolute Gasteiger partial charge is 0.229 e. The minimum Gasteiger partial charge on any atom is -0.486 e. The molecule has 0 radical (unpaired) electrons. The summed E-state index contributed by atoms with van der Waals surface area (Å²) in [5, 5.41) is 5.58. The third-order valence-electron chi connectivity index (χ3n) is 5.08. The third kappa shape index (κ3) is 4.07. The van der Waals surface area contributed by atoms with Gasteiger partial charge in [0.25, 0.3) is 0 Å². The minimum absolute atomic E-state index is 0.113. The van der Waals surface area contributed by atoms with Crippen LogP contribution < -0.4 is 25.0 Å². The van der Waals surface area contributed by atoms with Gasteiger partial charge in [-0.3, -0.25) is 14.4 Å². The quantitative estimate of drug-likeness (QED) is 0.809. The standard InChI is InChI=1S/C22H23N3O5/c1-13-3-5-17(23-14(2)26)18(9-13)24-22(28)15-10-21(27)25(12-15)16-4-6-19-20(11-16)30-8-7-29-19/h3-6,9,11,15H,7-8,10,12H2,1-2H3,(H,23,26)(H,24,28). The normalized spacial score (nSPS) is 17.6. The van der Waals surface area contributed by atoms with Crippen LogP contribution in [0, 0.1) is 12.8 Å². The Labute approximate surface area is 174 Å². The highest BCUT2D eigenvalue weighted by atomic mass is 16.6. The lowest BCUT2D eigenvalue weighted by Gasteiger charge is -2.22. The summed E-state index contributed by atoms with van der Waals surface area (Å²) in [6.45, 7) is 4.53. The van der Waals surface area contributed by atoms with E-state index in [1.165, 1.54) is 6.92 Å². The van der Waals surface area contributed by atoms with E-state index in [2.05, 4.69) is 10.6 Å². The Morgan fingerprint density at radius 3 is 2.53 bits per heavy atom. The number of amides is 3. The van der Waals surface area contributed by atoms with Crippen molar-refractivity contribution in [3.8, 4) is 11.5 Å². The predicted octanol–water partition coefficient (Wildman–Crippen LogP) is 2.72. The fourth-order valence-electron chi connectivity index (χ4n) is 3.63. The molecule has 2 aliphatic heterocycles. The van der Waals surface area contributed by atoms with E-state index in [-0.39, 0.29) is 30.7 Å². The highest BCUT2D eigenvalue weighted by molar-refractivity contribution is 6.05. The lowest BCUT2D eigenvalue weighted by molar-refractivity contribution is -0.122. The minimum atomic E-state index is -0.503. The maximum Gasteiger partial charge on any atom is 0.229 e. The number of fused-ring (bicyclic) bond motifs is 1. The van der Waals surface area contributed by atoms with Crippen LogP contribution in [0.4, 0.5) is 17.1 Å². The lowest BCUT2D eigenvalue weighted by atomic mass is 10.1. The van der Waals surface area contributed by atoms with Crippen LogP contribution in [0.25, 0.3) is 0 Å². The summed E-state index contributed by atoms with van der Waals surface area (Å²) in [4.78, 5) is 38.5. The highest BCUT2D eigenvalue weighted by Crippen LogP contribution is 2.36. The van der Waals surface area contributed by atoms with Gasteiger partial charge in [0.05, 0.1) is 17.3 Å². The number of carbonyl (C=O) groups is 3. The molecule has 0 spiro atoms. The first kappa shape index (κ1) is 19.8. The molecule has 2 N–H and O–H groups in total. The molecule has 30 heavy (non-hydrogen) atoms. The maximum absolute atomic E-state index is 12.9. The van der Waals surface area contributed by atoms with E-state index in [4.69, 9.17) is 9.47 Å². The van der Waals surface area contributed by atoms with E-state index in [1.54, 1.807) is 35.2 Å². The van der Waals surface area contributed by atoms with E-state index >= 15 is 0 Å². The van der Waals surface area contributed by atoms with Crippen molar-refractivity contribution in [1.82, 2.24) is 0 Å². The van der Waals surface area contributed by atoms with E-state index in [9.17, 15) is 14.4 Å². The van der Waals surface area contributed by atoms with Gasteiger partial charge in [-0.2, -0.15) is 0 Å². The number of hydrogen-bond donors (Lipinski definition) is 2. The van der Waals surface area contributed by atoms with Gasteiger partial charge in [-0.05, 0) is 36.8 Å². The van der Waals surface area contributed by atoms with Crippen molar-refractivity contribution < 1.29 is 23.9 Å². The fraction of sp³-hybridized carbons (Fsp3) is 0.318. The number of rotatable bonds is 4. The zero-order chi connectivity index (χ0) is 21.3. The lowest BCUT2D eigenvalue weighted by Crippen LogP contribution is -2.28. The number of ether oxygens (including phenoxy) is 2. The summed E-state index contributed by atoms with van der Waals surface area (Å²) >= 11 is 0. The molecule has 1 saturated heterocycles. The van der Waals surface area contributed by atoms with Gasteiger partial charge in [0, 0.05) is 31.6 Å². The Bertz CT molecular complexity index is 1020. The summed E-state index contributed by atoms with van der Waals surface area (Å²) in [7, 11) is 0. The molecule has 0 aromatic heterocycles. The molecular formula is C22H23N3O5. The second-order valence-electron chi connectivity index (χ2n) is 7.45. The van der Waals surface area contributed by atoms with Gasteiger partial charge in [0.1, 0.15) is 13.2 Å². The molecule has 1 fully saturated rings. The largest absolute Gasteiger partial charge is 0.486 e. The Kier molecular flexibility index (Phi) is 5.31. The fourth-order valence-corrected chi connectivity index (χ4v) is 3.63. The number of benzene rings is 2. The molecule has 4 rings (SSSR count). The average Bonchev–Trinajstić information content (AvgIpc) is 3.11. The summed E-state index contributed by atoms with van der Waals surface area (Å²) in [6, 6.07) is 10.7. The molecule has 2 aliphatic rings. The number of nitrogens with one attached hydrogen (secondary N) is 2. The van der Waals surface area contributed by atoms with Crippen LogP contribution in [0.3, 0.4) is 0 Å². The highest BCUT2D eigenvalue weighted by Gasteiger charge is 2.36. The molecule has 0 aliphatic carbocycles. The van der Waals surface area contributed by atoms with Gasteiger partial charge in [0.2, 0.25) is 17.7 Å². The van der Waals surface area contributed by atoms with E-state index < -0.39 is 5.92 Å². The second kappa shape index (κ2) is 8.06. The summed E-state index contributed by atoms with van der Waals surface area (Å²) in [6.07, 6.45) is 0.113. The SMILES string of the molecule is CC(=O)Nc1ccc(C)cc1NC(=O)C1CC(=O)N(c2ccc3c(c2)OCCO3)C1. The van der Waals surface area contributed by atoms with Gasteiger partial charge >= 0.3 is 0 Å². The number of hydrogen-bond acceptors (Lipinski definition) is 5. The maximum atomic E-state index is 12.9. The molecule has 0 saturated carbocycles. The molecule has 8 nitrogen and oxygen atoms in total. The summed E-state index contributed by atoms with van der Waals surface area (Å²) in [5.74, 6) is 0.125. The van der Waals surface area contributed by atoms with Crippen molar-refractivity contribution in [2.45, 2.75) is 20.3 Å².